The highest BCUT2D eigenvalue weighted by molar-refractivity contribution is 5.34. The molecular weight excluding hydrogens is 212 g/mol. The fourth-order valence-electron chi connectivity index (χ4n) is 1.91. The number of nitrogens with zero attached hydrogens (tertiary/aromatic N) is 2. The van der Waals surface area contributed by atoms with Gasteiger partial charge >= 0.3 is 5.69 Å². The third kappa shape index (κ3) is 2.20. The Morgan fingerprint density at radius 3 is 3.12 bits per heavy atom. The van der Waals surface area contributed by atoms with Crippen LogP contribution >= 0.6 is 0 Å². The van der Waals surface area contributed by atoms with Crippen LogP contribution in [0.5, 0.6) is 0 Å². The predicted molar refractivity (Wildman–Crippen MR) is 56.0 cm³/mol. The van der Waals surface area contributed by atoms with Gasteiger partial charge in [-0.05, 0) is 12.8 Å². The number of aromatic amines is 1. The second-order valence-electron chi connectivity index (χ2n) is 4.00. The Labute approximate surface area is 92.1 Å². The number of nitrogens with one attached hydrogen (secondary N) is 1. The molecule has 1 aliphatic rings. The van der Waals surface area contributed by atoms with Crippen LogP contribution in [0, 0.1) is 10.1 Å². The lowest BCUT2D eigenvalue weighted by Gasteiger charge is -2.10. The summed E-state index contributed by atoms with van der Waals surface area (Å²) in [5.74, 6) is -0.0172. The van der Waals surface area contributed by atoms with E-state index < -0.39 is 4.92 Å². The van der Waals surface area contributed by atoms with Gasteiger partial charge in [-0.15, -0.1) is 0 Å². The molecule has 2 heterocycles. The van der Waals surface area contributed by atoms with E-state index in [9.17, 15) is 10.1 Å². The normalized spacial score (nSPS) is 26.3. The molecule has 0 spiro atoms. The number of ether oxygens (including phenoxy) is 1. The van der Waals surface area contributed by atoms with E-state index in [4.69, 9.17) is 10.5 Å². The molecule has 88 valence electrons. The second kappa shape index (κ2) is 4.58. The van der Waals surface area contributed by atoms with Crippen molar-refractivity contribution < 1.29 is 9.66 Å². The SMILES string of the molecule is NC1CCC(c2[nH]ncc2[N+](=O)[O-])COC1. The minimum Gasteiger partial charge on any atom is -0.379 e. The quantitative estimate of drug-likeness (QED) is 0.565. The van der Waals surface area contributed by atoms with Crippen molar-refractivity contribution in [1.82, 2.24) is 10.2 Å². The molecule has 0 aromatic carbocycles. The van der Waals surface area contributed by atoms with Gasteiger partial charge in [0.1, 0.15) is 11.9 Å². The van der Waals surface area contributed by atoms with E-state index in [0.717, 1.165) is 12.8 Å². The van der Waals surface area contributed by atoms with Crippen LogP contribution in [0.4, 0.5) is 5.69 Å². The first-order chi connectivity index (χ1) is 7.68. The predicted octanol–water partition coefficient (Wildman–Crippen LogP) is 0.539. The summed E-state index contributed by atoms with van der Waals surface area (Å²) in [7, 11) is 0. The molecule has 2 unspecified atom stereocenters. The summed E-state index contributed by atoms with van der Waals surface area (Å²) in [6.45, 7) is 0.967. The maximum absolute atomic E-state index is 10.8. The van der Waals surface area contributed by atoms with Gasteiger partial charge in [-0.1, -0.05) is 0 Å². The highest BCUT2D eigenvalue weighted by atomic mass is 16.6. The van der Waals surface area contributed by atoms with Gasteiger partial charge in [0, 0.05) is 12.0 Å². The van der Waals surface area contributed by atoms with E-state index in [1.54, 1.807) is 0 Å². The number of hydrogen-bond acceptors (Lipinski definition) is 5. The third-order valence-electron chi connectivity index (χ3n) is 2.79. The number of nitrogens with two attached hydrogens (primary N) is 1. The Hall–Kier alpha value is -1.47. The van der Waals surface area contributed by atoms with Gasteiger partial charge in [0.15, 0.2) is 0 Å². The molecule has 0 amide bonds. The second-order valence-corrected chi connectivity index (χ2v) is 4.00. The third-order valence-corrected chi connectivity index (χ3v) is 2.79. The molecular formula is C9H14N4O3. The number of hydrogen-bond donors (Lipinski definition) is 2. The molecule has 1 aromatic heterocycles. The van der Waals surface area contributed by atoms with Crippen molar-refractivity contribution in [2.45, 2.75) is 24.8 Å². The largest absolute Gasteiger partial charge is 0.379 e. The molecule has 0 saturated carbocycles. The van der Waals surface area contributed by atoms with Gasteiger partial charge in [0.25, 0.3) is 0 Å². The van der Waals surface area contributed by atoms with Crippen LogP contribution in [0.3, 0.4) is 0 Å². The minimum atomic E-state index is -0.427. The summed E-state index contributed by atoms with van der Waals surface area (Å²) < 4.78 is 5.38. The van der Waals surface area contributed by atoms with Gasteiger partial charge < -0.3 is 10.5 Å². The van der Waals surface area contributed by atoms with Gasteiger partial charge in [0.2, 0.25) is 0 Å². The highest BCUT2D eigenvalue weighted by Crippen LogP contribution is 2.29. The standard InChI is InChI=1S/C9H14N4O3/c10-7-2-1-6(4-16-5-7)9-8(13(14)15)3-11-12-9/h3,6-7H,1-2,4-5,10H2,(H,11,12). The maximum atomic E-state index is 10.8. The molecule has 0 radical (unpaired) electrons. The average Bonchev–Trinajstić information content (AvgIpc) is 2.63. The van der Waals surface area contributed by atoms with Crippen molar-refractivity contribution in [2.75, 3.05) is 13.2 Å². The Morgan fingerprint density at radius 1 is 1.56 bits per heavy atom. The summed E-state index contributed by atoms with van der Waals surface area (Å²) in [5, 5.41) is 17.2. The zero-order valence-electron chi connectivity index (χ0n) is 8.76. The smallest absolute Gasteiger partial charge is 0.310 e. The van der Waals surface area contributed by atoms with Crippen LogP contribution in [0.2, 0.25) is 0 Å². The summed E-state index contributed by atoms with van der Waals surface area (Å²) >= 11 is 0. The molecule has 16 heavy (non-hydrogen) atoms. The number of rotatable bonds is 2. The molecule has 1 fully saturated rings. The Bertz CT molecular complexity index is 379. The van der Waals surface area contributed by atoms with Gasteiger partial charge in [0.05, 0.1) is 18.1 Å². The lowest BCUT2D eigenvalue weighted by atomic mass is 9.98. The van der Waals surface area contributed by atoms with Crippen molar-refractivity contribution in [3.05, 3.63) is 22.0 Å². The highest BCUT2D eigenvalue weighted by Gasteiger charge is 2.27. The molecule has 1 aliphatic heterocycles. The topological polar surface area (TPSA) is 107 Å². The van der Waals surface area contributed by atoms with Gasteiger partial charge in [-0.3, -0.25) is 15.2 Å². The van der Waals surface area contributed by atoms with Crippen molar-refractivity contribution >= 4 is 5.69 Å². The molecule has 2 atom stereocenters. The Morgan fingerprint density at radius 2 is 2.38 bits per heavy atom. The first-order valence-electron chi connectivity index (χ1n) is 5.19. The lowest BCUT2D eigenvalue weighted by Crippen LogP contribution is -2.23. The Balaban J connectivity index is 2.16. The molecule has 7 heteroatoms. The van der Waals surface area contributed by atoms with E-state index >= 15 is 0 Å². The number of nitro groups is 1. The average molecular weight is 226 g/mol. The monoisotopic (exact) mass is 226 g/mol. The maximum Gasteiger partial charge on any atom is 0.310 e. The first-order valence-corrected chi connectivity index (χ1v) is 5.19. The van der Waals surface area contributed by atoms with Gasteiger partial charge in [-0.25, -0.2) is 0 Å². The summed E-state index contributed by atoms with van der Waals surface area (Å²) in [6.07, 6.45) is 2.82. The van der Waals surface area contributed by atoms with Crippen LogP contribution in [0.1, 0.15) is 24.5 Å². The minimum absolute atomic E-state index is 0.0172. The van der Waals surface area contributed by atoms with Crippen LogP contribution in [-0.4, -0.2) is 34.4 Å². The molecule has 0 aliphatic carbocycles. The molecule has 1 saturated heterocycles. The van der Waals surface area contributed by atoms with Gasteiger partial charge in [-0.2, -0.15) is 5.10 Å². The van der Waals surface area contributed by atoms with Crippen molar-refractivity contribution in [1.29, 1.82) is 0 Å². The number of H-pyrrole nitrogens is 1. The van der Waals surface area contributed by atoms with Crippen LogP contribution in [-0.2, 0) is 4.74 Å². The van der Waals surface area contributed by atoms with Crippen LogP contribution in [0.15, 0.2) is 6.20 Å². The fraction of sp³-hybridized carbons (Fsp3) is 0.667. The molecule has 2 rings (SSSR count). The van der Waals surface area contributed by atoms with E-state index in [-0.39, 0.29) is 17.6 Å². The van der Waals surface area contributed by atoms with Crippen LogP contribution < -0.4 is 5.73 Å². The van der Waals surface area contributed by atoms with Crippen molar-refractivity contribution in [2.24, 2.45) is 5.73 Å². The first kappa shape index (κ1) is 11.0. The summed E-state index contributed by atoms with van der Waals surface area (Å²) in [4.78, 5) is 10.3. The molecule has 0 bridgehead atoms. The summed E-state index contributed by atoms with van der Waals surface area (Å²) in [5.41, 5.74) is 6.34. The van der Waals surface area contributed by atoms with E-state index in [0.29, 0.717) is 18.9 Å². The van der Waals surface area contributed by atoms with Crippen molar-refractivity contribution in [3.63, 3.8) is 0 Å². The van der Waals surface area contributed by atoms with E-state index in [1.807, 2.05) is 0 Å². The van der Waals surface area contributed by atoms with Crippen molar-refractivity contribution in [3.8, 4) is 0 Å². The van der Waals surface area contributed by atoms with Crippen LogP contribution in [0.25, 0.3) is 0 Å². The molecule has 3 N–H and O–H groups in total. The summed E-state index contributed by atoms with van der Waals surface area (Å²) in [6, 6.07) is 0.0203. The van der Waals surface area contributed by atoms with E-state index in [2.05, 4.69) is 10.2 Å². The fourth-order valence-corrected chi connectivity index (χ4v) is 1.91. The molecule has 1 aromatic rings. The Kier molecular flexibility index (Phi) is 3.16. The number of aromatic nitrogens is 2. The molecule has 7 nitrogen and oxygen atoms in total. The lowest BCUT2D eigenvalue weighted by molar-refractivity contribution is -0.385. The zero-order chi connectivity index (χ0) is 11.5. The zero-order valence-corrected chi connectivity index (χ0v) is 8.76. The van der Waals surface area contributed by atoms with E-state index in [1.165, 1.54) is 6.20 Å².